The monoisotopic (exact) mass is 227 g/mol. The molecule has 0 aliphatic carbocycles. The molecule has 0 aromatic heterocycles. The zero-order valence-electron chi connectivity index (χ0n) is 8.88. The summed E-state index contributed by atoms with van der Waals surface area (Å²) in [5.74, 6) is 1.08. The molecule has 0 bridgehead atoms. The van der Waals surface area contributed by atoms with Gasteiger partial charge in [0.25, 0.3) is 0 Å². The summed E-state index contributed by atoms with van der Waals surface area (Å²) in [6.07, 6.45) is 3.46. The number of aromatic hydroxyl groups is 1. The number of rotatable bonds is 7. The summed E-state index contributed by atoms with van der Waals surface area (Å²) in [5.41, 5.74) is 1.20. The largest absolute Gasteiger partial charge is 0.508 e. The third-order valence-corrected chi connectivity index (χ3v) is 2.52. The maximum atomic E-state index is 9.09. The van der Waals surface area contributed by atoms with Crippen LogP contribution in [0.2, 0.25) is 0 Å². The minimum Gasteiger partial charge on any atom is -0.508 e. The average molecular weight is 228 g/mol. The van der Waals surface area contributed by atoms with Gasteiger partial charge in [0.15, 0.2) is 0 Å². The van der Waals surface area contributed by atoms with Gasteiger partial charge in [-0.05, 0) is 37.1 Å². The van der Waals surface area contributed by atoms with E-state index in [0.717, 1.165) is 25.4 Å². The Labute approximate surface area is 96.3 Å². The summed E-state index contributed by atoms with van der Waals surface area (Å²) in [5, 5.41) is 12.4. The second kappa shape index (κ2) is 7.55. The van der Waals surface area contributed by atoms with E-state index in [2.05, 4.69) is 5.32 Å². The lowest BCUT2D eigenvalue weighted by Crippen LogP contribution is -2.14. The molecule has 0 atom stereocenters. The van der Waals surface area contributed by atoms with Crippen LogP contribution in [0, 0.1) is 0 Å². The normalized spacial score (nSPS) is 10.5. The van der Waals surface area contributed by atoms with Crippen LogP contribution in [0.15, 0.2) is 24.3 Å². The standard InChI is InChI=1S/C12H18ClNO/c13-8-2-1-3-9-14-10-11-4-6-12(15)7-5-11/h4-7,14-15H,1-3,8-10H2. The summed E-state index contributed by atoms with van der Waals surface area (Å²) in [6, 6.07) is 7.29. The van der Waals surface area contributed by atoms with Gasteiger partial charge in [0.1, 0.15) is 5.75 Å². The van der Waals surface area contributed by atoms with Crippen LogP contribution < -0.4 is 5.32 Å². The van der Waals surface area contributed by atoms with Crippen molar-refractivity contribution in [3.8, 4) is 5.75 Å². The summed E-state index contributed by atoms with van der Waals surface area (Å²) >= 11 is 5.58. The van der Waals surface area contributed by atoms with Crippen LogP contribution in [-0.2, 0) is 6.54 Å². The minimum atomic E-state index is 0.320. The Morgan fingerprint density at radius 3 is 2.47 bits per heavy atom. The summed E-state index contributed by atoms with van der Waals surface area (Å²) in [6.45, 7) is 1.89. The van der Waals surface area contributed by atoms with Crippen molar-refractivity contribution in [3.05, 3.63) is 29.8 Å². The molecule has 15 heavy (non-hydrogen) atoms. The van der Waals surface area contributed by atoms with Crippen LogP contribution in [0.1, 0.15) is 24.8 Å². The molecule has 0 saturated carbocycles. The third kappa shape index (κ3) is 5.65. The van der Waals surface area contributed by atoms with Crippen molar-refractivity contribution in [2.45, 2.75) is 25.8 Å². The van der Waals surface area contributed by atoms with Crippen molar-refractivity contribution in [1.82, 2.24) is 5.32 Å². The maximum absolute atomic E-state index is 9.09. The Morgan fingerprint density at radius 2 is 1.80 bits per heavy atom. The Kier molecular flexibility index (Phi) is 6.21. The van der Waals surface area contributed by atoms with E-state index in [4.69, 9.17) is 16.7 Å². The van der Waals surface area contributed by atoms with Crippen LogP contribution in [0.3, 0.4) is 0 Å². The molecule has 0 unspecified atom stereocenters. The van der Waals surface area contributed by atoms with E-state index in [1.165, 1.54) is 18.4 Å². The zero-order valence-corrected chi connectivity index (χ0v) is 9.63. The Bertz CT molecular complexity index is 261. The van der Waals surface area contributed by atoms with Gasteiger partial charge >= 0.3 is 0 Å². The molecule has 0 aliphatic rings. The van der Waals surface area contributed by atoms with Gasteiger partial charge in [0.2, 0.25) is 0 Å². The highest BCUT2D eigenvalue weighted by Crippen LogP contribution is 2.09. The first kappa shape index (κ1) is 12.3. The lowest BCUT2D eigenvalue weighted by atomic mass is 10.2. The SMILES string of the molecule is Oc1ccc(CNCCCCCCl)cc1. The van der Waals surface area contributed by atoms with E-state index >= 15 is 0 Å². The Morgan fingerprint density at radius 1 is 1.07 bits per heavy atom. The molecule has 1 aromatic rings. The smallest absolute Gasteiger partial charge is 0.115 e. The third-order valence-electron chi connectivity index (χ3n) is 2.25. The summed E-state index contributed by atoms with van der Waals surface area (Å²) in [7, 11) is 0. The van der Waals surface area contributed by atoms with E-state index in [1.807, 2.05) is 12.1 Å². The average Bonchev–Trinajstić information content (AvgIpc) is 2.26. The molecule has 0 spiro atoms. The topological polar surface area (TPSA) is 32.3 Å². The fraction of sp³-hybridized carbons (Fsp3) is 0.500. The molecule has 1 aromatic carbocycles. The molecule has 2 nitrogen and oxygen atoms in total. The van der Waals surface area contributed by atoms with Crippen LogP contribution in [-0.4, -0.2) is 17.5 Å². The Balaban J connectivity index is 2.07. The van der Waals surface area contributed by atoms with E-state index in [9.17, 15) is 0 Å². The Hall–Kier alpha value is -0.730. The number of phenols is 1. The number of nitrogens with one attached hydrogen (secondary N) is 1. The predicted molar refractivity (Wildman–Crippen MR) is 64.4 cm³/mol. The van der Waals surface area contributed by atoms with Gasteiger partial charge in [0, 0.05) is 12.4 Å². The predicted octanol–water partition coefficient (Wildman–Crippen LogP) is 2.89. The fourth-order valence-corrected chi connectivity index (χ4v) is 1.56. The molecule has 0 aliphatic heterocycles. The highest BCUT2D eigenvalue weighted by atomic mass is 35.5. The van der Waals surface area contributed by atoms with Gasteiger partial charge in [-0.2, -0.15) is 0 Å². The number of benzene rings is 1. The zero-order chi connectivity index (χ0) is 10.9. The van der Waals surface area contributed by atoms with Crippen molar-refractivity contribution in [1.29, 1.82) is 0 Å². The van der Waals surface area contributed by atoms with Crippen molar-refractivity contribution in [3.63, 3.8) is 0 Å². The molecule has 0 heterocycles. The number of unbranched alkanes of at least 4 members (excludes halogenated alkanes) is 2. The van der Waals surface area contributed by atoms with Gasteiger partial charge in [-0.25, -0.2) is 0 Å². The van der Waals surface area contributed by atoms with Crippen LogP contribution in [0.4, 0.5) is 0 Å². The first-order valence-electron chi connectivity index (χ1n) is 5.37. The quantitative estimate of drug-likeness (QED) is 0.555. The molecular weight excluding hydrogens is 210 g/mol. The molecule has 3 heteroatoms. The van der Waals surface area contributed by atoms with E-state index in [0.29, 0.717) is 5.75 Å². The van der Waals surface area contributed by atoms with Crippen LogP contribution in [0.5, 0.6) is 5.75 Å². The lowest BCUT2D eigenvalue weighted by molar-refractivity contribution is 0.475. The van der Waals surface area contributed by atoms with E-state index in [1.54, 1.807) is 12.1 Å². The summed E-state index contributed by atoms with van der Waals surface area (Å²) in [4.78, 5) is 0. The fourth-order valence-electron chi connectivity index (χ4n) is 1.37. The summed E-state index contributed by atoms with van der Waals surface area (Å²) < 4.78 is 0. The number of hydrogen-bond acceptors (Lipinski definition) is 2. The van der Waals surface area contributed by atoms with Gasteiger partial charge < -0.3 is 10.4 Å². The number of halogens is 1. The van der Waals surface area contributed by atoms with Crippen molar-refractivity contribution in [2.75, 3.05) is 12.4 Å². The van der Waals surface area contributed by atoms with Gasteiger partial charge in [-0.15, -0.1) is 11.6 Å². The van der Waals surface area contributed by atoms with E-state index < -0.39 is 0 Å². The molecule has 0 amide bonds. The van der Waals surface area contributed by atoms with Crippen LogP contribution in [0.25, 0.3) is 0 Å². The number of phenolic OH excluding ortho intramolecular Hbond substituents is 1. The molecule has 0 radical (unpaired) electrons. The molecule has 0 fully saturated rings. The molecular formula is C12H18ClNO. The van der Waals surface area contributed by atoms with Gasteiger partial charge in [-0.1, -0.05) is 18.6 Å². The number of hydrogen-bond donors (Lipinski definition) is 2. The molecule has 2 N–H and O–H groups in total. The minimum absolute atomic E-state index is 0.320. The first-order chi connectivity index (χ1) is 7.33. The van der Waals surface area contributed by atoms with Crippen molar-refractivity contribution >= 4 is 11.6 Å². The van der Waals surface area contributed by atoms with Gasteiger partial charge in [-0.3, -0.25) is 0 Å². The molecule has 1 rings (SSSR count). The highest BCUT2D eigenvalue weighted by Gasteiger charge is 1.93. The van der Waals surface area contributed by atoms with Gasteiger partial charge in [0.05, 0.1) is 0 Å². The molecule has 84 valence electrons. The lowest BCUT2D eigenvalue weighted by Gasteiger charge is -2.04. The first-order valence-corrected chi connectivity index (χ1v) is 5.91. The number of alkyl halides is 1. The van der Waals surface area contributed by atoms with E-state index in [-0.39, 0.29) is 0 Å². The van der Waals surface area contributed by atoms with Crippen LogP contribution >= 0.6 is 11.6 Å². The van der Waals surface area contributed by atoms with Crippen molar-refractivity contribution in [2.24, 2.45) is 0 Å². The second-order valence-electron chi connectivity index (χ2n) is 3.59. The van der Waals surface area contributed by atoms with Crippen molar-refractivity contribution < 1.29 is 5.11 Å². The molecule has 0 saturated heterocycles. The maximum Gasteiger partial charge on any atom is 0.115 e. The highest BCUT2D eigenvalue weighted by molar-refractivity contribution is 6.17. The second-order valence-corrected chi connectivity index (χ2v) is 3.97.